The molecule has 0 fully saturated rings. The van der Waals surface area contributed by atoms with Gasteiger partial charge in [-0.2, -0.15) is 5.10 Å². The molecule has 0 saturated carbocycles. The summed E-state index contributed by atoms with van der Waals surface area (Å²) in [6, 6.07) is 10.3. The molecular weight excluding hydrogens is 266 g/mol. The first-order valence-corrected chi connectivity index (χ1v) is 5.97. The number of rotatable bonds is 3. The minimum atomic E-state index is 0.462. The summed E-state index contributed by atoms with van der Waals surface area (Å²) < 4.78 is 2.99. The molecule has 2 aromatic rings. The van der Waals surface area contributed by atoms with E-state index >= 15 is 0 Å². The highest BCUT2D eigenvalue weighted by molar-refractivity contribution is 9.10. The molecule has 0 unspecified atom stereocenters. The monoisotopic (exact) mass is 279 g/mol. The van der Waals surface area contributed by atoms with Crippen LogP contribution in [0.1, 0.15) is 17.0 Å². The Morgan fingerprint density at radius 2 is 2.00 bits per heavy atom. The second-order valence-corrected chi connectivity index (χ2v) is 4.49. The van der Waals surface area contributed by atoms with Crippen molar-refractivity contribution in [2.24, 2.45) is 5.73 Å². The molecular formula is C12H14BrN3. The molecule has 1 aromatic carbocycles. The first-order chi connectivity index (χ1) is 7.72. The topological polar surface area (TPSA) is 43.8 Å². The summed E-state index contributed by atoms with van der Waals surface area (Å²) in [6.07, 6.45) is 0. The van der Waals surface area contributed by atoms with Gasteiger partial charge in [-0.25, -0.2) is 0 Å². The van der Waals surface area contributed by atoms with Gasteiger partial charge >= 0.3 is 0 Å². The molecule has 0 aliphatic carbocycles. The van der Waals surface area contributed by atoms with Crippen LogP contribution in [0.3, 0.4) is 0 Å². The highest BCUT2D eigenvalue weighted by Gasteiger charge is 2.10. The Kier molecular flexibility index (Phi) is 3.41. The highest BCUT2D eigenvalue weighted by Crippen LogP contribution is 2.21. The number of halogens is 1. The van der Waals surface area contributed by atoms with E-state index in [2.05, 4.69) is 33.2 Å². The lowest BCUT2D eigenvalue weighted by Crippen LogP contribution is -2.05. The fourth-order valence-electron chi connectivity index (χ4n) is 1.63. The smallest absolute Gasteiger partial charge is 0.0905 e. The van der Waals surface area contributed by atoms with Gasteiger partial charge in [-0.15, -0.1) is 0 Å². The average molecular weight is 280 g/mol. The van der Waals surface area contributed by atoms with Crippen LogP contribution in [0.5, 0.6) is 0 Å². The second kappa shape index (κ2) is 4.80. The number of nitrogens with zero attached hydrogens (tertiary/aromatic N) is 2. The Bertz CT molecular complexity index is 477. The van der Waals surface area contributed by atoms with Crippen molar-refractivity contribution in [1.29, 1.82) is 0 Å². The second-order valence-electron chi connectivity index (χ2n) is 3.69. The fourth-order valence-corrected chi connectivity index (χ4v) is 2.07. The van der Waals surface area contributed by atoms with E-state index in [1.807, 2.05) is 29.8 Å². The summed E-state index contributed by atoms with van der Waals surface area (Å²) in [4.78, 5) is 0. The lowest BCUT2D eigenvalue weighted by atomic mass is 10.2. The molecule has 4 heteroatoms. The zero-order chi connectivity index (χ0) is 11.5. The molecule has 3 nitrogen and oxygen atoms in total. The van der Waals surface area contributed by atoms with E-state index in [1.165, 1.54) is 5.56 Å². The standard InChI is InChI=1S/C12H14BrN3/c1-9-12(13)11(7-14)15-16(9)8-10-5-3-2-4-6-10/h2-6H,7-8,14H2,1H3. The number of hydrogen-bond donors (Lipinski definition) is 1. The number of benzene rings is 1. The van der Waals surface area contributed by atoms with Gasteiger partial charge in [0, 0.05) is 6.54 Å². The molecule has 2 N–H and O–H groups in total. The summed E-state index contributed by atoms with van der Waals surface area (Å²) in [5.41, 5.74) is 8.89. The summed E-state index contributed by atoms with van der Waals surface area (Å²) in [5.74, 6) is 0. The normalized spacial score (nSPS) is 10.7. The van der Waals surface area contributed by atoms with Crippen LogP contribution in [0, 0.1) is 6.92 Å². The van der Waals surface area contributed by atoms with E-state index in [1.54, 1.807) is 0 Å². The van der Waals surface area contributed by atoms with Crippen molar-refractivity contribution >= 4 is 15.9 Å². The third-order valence-corrected chi connectivity index (χ3v) is 3.60. The van der Waals surface area contributed by atoms with Crippen molar-refractivity contribution in [1.82, 2.24) is 9.78 Å². The third kappa shape index (κ3) is 2.18. The molecule has 0 radical (unpaired) electrons. The maximum atomic E-state index is 5.62. The molecule has 1 aromatic heterocycles. The summed E-state index contributed by atoms with van der Waals surface area (Å²) in [5, 5.41) is 4.47. The van der Waals surface area contributed by atoms with Crippen molar-refractivity contribution in [2.45, 2.75) is 20.0 Å². The van der Waals surface area contributed by atoms with Crippen molar-refractivity contribution in [3.05, 3.63) is 51.8 Å². The minimum Gasteiger partial charge on any atom is -0.325 e. The molecule has 16 heavy (non-hydrogen) atoms. The van der Waals surface area contributed by atoms with Crippen LogP contribution in [-0.4, -0.2) is 9.78 Å². The van der Waals surface area contributed by atoms with Gasteiger partial charge in [0.2, 0.25) is 0 Å². The van der Waals surface area contributed by atoms with Gasteiger partial charge in [0.05, 0.1) is 22.4 Å². The molecule has 0 atom stereocenters. The molecule has 2 rings (SSSR count). The first kappa shape index (κ1) is 11.4. The van der Waals surface area contributed by atoms with Crippen molar-refractivity contribution in [3.63, 3.8) is 0 Å². The predicted octanol–water partition coefficient (Wildman–Crippen LogP) is 2.46. The number of hydrogen-bond acceptors (Lipinski definition) is 2. The minimum absolute atomic E-state index is 0.462. The Balaban J connectivity index is 2.29. The largest absolute Gasteiger partial charge is 0.325 e. The van der Waals surface area contributed by atoms with Crippen molar-refractivity contribution in [2.75, 3.05) is 0 Å². The average Bonchev–Trinajstić information content (AvgIpc) is 2.58. The van der Waals surface area contributed by atoms with Gasteiger partial charge in [-0.1, -0.05) is 30.3 Å². The molecule has 0 aliphatic rings. The molecule has 0 amide bonds. The van der Waals surface area contributed by atoms with Crippen molar-refractivity contribution in [3.8, 4) is 0 Å². The Labute approximate surface area is 103 Å². The lowest BCUT2D eigenvalue weighted by Gasteiger charge is -2.04. The number of aromatic nitrogens is 2. The van der Waals surface area contributed by atoms with E-state index in [4.69, 9.17) is 5.73 Å². The molecule has 0 aliphatic heterocycles. The Morgan fingerprint density at radius 1 is 1.31 bits per heavy atom. The summed E-state index contributed by atoms with van der Waals surface area (Å²) >= 11 is 3.51. The van der Waals surface area contributed by atoms with Crippen LogP contribution in [0.2, 0.25) is 0 Å². The van der Waals surface area contributed by atoms with Crippen LogP contribution in [0.4, 0.5) is 0 Å². The summed E-state index contributed by atoms with van der Waals surface area (Å²) in [6.45, 7) is 3.29. The highest BCUT2D eigenvalue weighted by atomic mass is 79.9. The quantitative estimate of drug-likeness (QED) is 0.938. The molecule has 0 saturated heterocycles. The van der Waals surface area contributed by atoms with Gasteiger partial charge in [0.15, 0.2) is 0 Å². The van der Waals surface area contributed by atoms with E-state index in [0.29, 0.717) is 6.54 Å². The van der Waals surface area contributed by atoms with Gasteiger partial charge in [0.1, 0.15) is 0 Å². The zero-order valence-corrected chi connectivity index (χ0v) is 10.7. The Hall–Kier alpha value is -1.13. The Morgan fingerprint density at radius 3 is 2.56 bits per heavy atom. The van der Waals surface area contributed by atoms with Gasteiger partial charge in [-0.05, 0) is 28.4 Å². The predicted molar refractivity (Wildman–Crippen MR) is 68.1 cm³/mol. The lowest BCUT2D eigenvalue weighted by molar-refractivity contribution is 0.653. The third-order valence-electron chi connectivity index (χ3n) is 2.57. The van der Waals surface area contributed by atoms with E-state index in [9.17, 15) is 0 Å². The van der Waals surface area contributed by atoms with E-state index in [-0.39, 0.29) is 0 Å². The SMILES string of the molecule is Cc1c(Br)c(CN)nn1Cc1ccccc1. The van der Waals surface area contributed by atoms with Crippen LogP contribution < -0.4 is 5.73 Å². The zero-order valence-electron chi connectivity index (χ0n) is 9.15. The van der Waals surface area contributed by atoms with Crippen molar-refractivity contribution < 1.29 is 0 Å². The van der Waals surface area contributed by atoms with Crippen LogP contribution in [0.15, 0.2) is 34.8 Å². The molecule has 0 bridgehead atoms. The van der Waals surface area contributed by atoms with Gasteiger partial charge in [0.25, 0.3) is 0 Å². The fraction of sp³-hybridized carbons (Fsp3) is 0.250. The van der Waals surface area contributed by atoms with Crippen LogP contribution >= 0.6 is 15.9 Å². The first-order valence-electron chi connectivity index (χ1n) is 5.18. The number of nitrogens with two attached hydrogens (primary N) is 1. The van der Waals surface area contributed by atoms with Gasteiger partial charge < -0.3 is 5.73 Å². The maximum Gasteiger partial charge on any atom is 0.0905 e. The molecule has 1 heterocycles. The van der Waals surface area contributed by atoms with Gasteiger partial charge in [-0.3, -0.25) is 4.68 Å². The van der Waals surface area contributed by atoms with E-state index in [0.717, 1.165) is 22.4 Å². The van der Waals surface area contributed by atoms with Crippen LogP contribution in [0.25, 0.3) is 0 Å². The van der Waals surface area contributed by atoms with E-state index < -0.39 is 0 Å². The summed E-state index contributed by atoms with van der Waals surface area (Å²) in [7, 11) is 0. The molecule has 84 valence electrons. The molecule has 0 spiro atoms. The van der Waals surface area contributed by atoms with Crippen LogP contribution in [-0.2, 0) is 13.1 Å². The maximum absolute atomic E-state index is 5.62.